The zero-order chi connectivity index (χ0) is 21.2. The number of thiazole rings is 1. The van der Waals surface area contributed by atoms with Crippen LogP contribution < -0.4 is 11.1 Å². The zero-order valence-corrected chi connectivity index (χ0v) is 17.5. The fourth-order valence-electron chi connectivity index (χ4n) is 3.21. The second-order valence-electron chi connectivity index (χ2n) is 6.99. The molecule has 0 aliphatic rings. The molecule has 5 rings (SSSR count). The molecule has 1 aromatic carbocycles. The van der Waals surface area contributed by atoms with Crippen molar-refractivity contribution in [1.29, 1.82) is 0 Å². The number of nitrogen functional groups attached to an aromatic ring is 1. The Morgan fingerprint density at radius 1 is 0.968 bits per heavy atom. The van der Waals surface area contributed by atoms with Crippen LogP contribution in [0.2, 0.25) is 0 Å². The van der Waals surface area contributed by atoms with Crippen molar-refractivity contribution in [2.24, 2.45) is 0 Å². The number of hydrogen-bond donors (Lipinski definition) is 2. The average Bonchev–Trinajstić information content (AvgIpc) is 3.47. The topological polar surface area (TPSA) is 94.5 Å². The van der Waals surface area contributed by atoms with Gasteiger partial charge in [-0.25, -0.2) is 15.0 Å². The third-order valence-electron chi connectivity index (χ3n) is 4.82. The van der Waals surface area contributed by atoms with Crippen LogP contribution in [0.25, 0.3) is 28.5 Å². The third-order valence-corrected chi connectivity index (χ3v) is 5.41. The molecule has 0 bridgehead atoms. The maximum absolute atomic E-state index is 5.98. The number of nitrogens with zero attached hydrogens (tertiary/aromatic N) is 5. The molecule has 3 N–H and O–H groups in total. The number of rotatable bonds is 5. The van der Waals surface area contributed by atoms with Gasteiger partial charge in [0, 0.05) is 34.7 Å². The Labute approximate surface area is 183 Å². The smallest absolute Gasteiger partial charge is 0.153 e. The summed E-state index contributed by atoms with van der Waals surface area (Å²) >= 11 is 1.55. The Balaban J connectivity index is 1.53. The van der Waals surface area contributed by atoms with Crippen LogP contribution in [0.5, 0.6) is 0 Å². The molecule has 152 valence electrons. The first kappa shape index (κ1) is 19.0. The van der Waals surface area contributed by atoms with E-state index < -0.39 is 0 Å². The van der Waals surface area contributed by atoms with Crippen molar-refractivity contribution in [2.75, 3.05) is 11.1 Å². The number of nitrogens with two attached hydrogens (primary N) is 1. The molecular weight excluding hydrogens is 406 g/mol. The van der Waals surface area contributed by atoms with E-state index in [0.29, 0.717) is 11.5 Å². The number of pyridine rings is 2. The predicted molar refractivity (Wildman–Crippen MR) is 125 cm³/mol. The molecule has 0 aliphatic carbocycles. The summed E-state index contributed by atoms with van der Waals surface area (Å²) in [6.45, 7) is 1.97. The van der Waals surface area contributed by atoms with Crippen molar-refractivity contribution >= 4 is 28.5 Å². The predicted octanol–water partition coefficient (Wildman–Crippen LogP) is 5.09. The molecule has 0 amide bonds. The van der Waals surface area contributed by atoms with Gasteiger partial charge in [-0.2, -0.15) is 0 Å². The molecule has 4 heterocycles. The number of anilines is 3. The normalized spacial score (nSPS) is 10.9. The molecule has 0 fully saturated rings. The summed E-state index contributed by atoms with van der Waals surface area (Å²) in [4.78, 5) is 18.0. The Morgan fingerprint density at radius 2 is 1.84 bits per heavy atom. The highest BCUT2D eigenvalue weighted by Crippen LogP contribution is 2.29. The lowest BCUT2D eigenvalue weighted by Crippen LogP contribution is -1.99. The second-order valence-corrected chi connectivity index (χ2v) is 7.71. The largest absolute Gasteiger partial charge is 0.396 e. The summed E-state index contributed by atoms with van der Waals surface area (Å²) in [6, 6.07) is 15.7. The minimum atomic E-state index is 0.599. The molecule has 0 saturated heterocycles. The van der Waals surface area contributed by atoms with Crippen molar-refractivity contribution in [3.05, 3.63) is 83.7 Å². The van der Waals surface area contributed by atoms with Crippen molar-refractivity contribution in [2.45, 2.75) is 6.92 Å². The molecule has 5 aromatic rings. The first-order valence-corrected chi connectivity index (χ1v) is 10.6. The molecule has 0 aliphatic heterocycles. The lowest BCUT2D eigenvalue weighted by Gasteiger charge is -2.10. The summed E-state index contributed by atoms with van der Waals surface area (Å²) in [7, 11) is 0. The Kier molecular flexibility index (Phi) is 4.89. The Morgan fingerprint density at radius 3 is 2.55 bits per heavy atom. The van der Waals surface area contributed by atoms with Crippen molar-refractivity contribution in [3.8, 4) is 28.5 Å². The van der Waals surface area contributed by atoms with E-state index in [1.807, 2.05) is 83.3 Å². The fraction of sp³-hybridized carbons (Fsp3) is 0.0435. The highest BCUT2D eigenvalue weighted by Gasteiger charge is 2.15. The molecule has 8 heteroatoms. The quantitative estimate of drug-likeness (QED) is 0.407. The van der Waals surface area contributed by atoms with Crippen LogP contribution in [0.1, 0.15) is 5.69 Å². The Hall–Kier alpha value is -4.04. The molecule has 31 heavy (non-hydrogen) atoms. The van der Waals surface area contributed by atoms with E-state index in [2.05, 4.69) is 20.3 Å². The molecule has 0 radical (unpaired) electrons. The standard InChI is InChI=1S/C23H19N7S/c1-15-4-9-18(11-26-15)30-12-20(21-13-31-14-27-21)29-23(30)16-5-7-17(8-6-16)28-22-19(24)3-2-10-25-22/h2-14H,24H2,1H3,(H,25,28). The van der Waals surface area contributed by atoms with Gasteiger partial charge in [0.25, 0.3) is 0 Å². The fourth-order valence-corrected chi connectivity index (χ4v) is 3.75. The van der Waals surface area contributed by atoms with Crippen molar-refractivity contribution < 1.29 is 0 Å². The summed E-state index contributed by atoms with van der Waals surface area (Å²) < 4.78 is 2.04. The van der Waals surface area contributed by atoms with Crippen molar-refractivity contribution in [1.82, 2.24) is 24.5 Å². The van der Waals surface area contributed by atoms with Crippen LogP contribution in [0.4, 0.5) is 17.2 Å². The molecular formula is C23H19N7S. The van der Waals surface area contributed by atoms with Crippen molar-refractivity contribution in [3.63, 3.8) is 0 Å². The summed E-state index contributed by atoms with van der Waals surface area (Å²) in [6.07, 6.45) is 5.56. The van der Waals surface area contributed by atoms with Crippen LogP contribution in [0.15, 0.2) is 78.0 Å². The van der Waals surface area contributed by atoms with Gasteiger partial charge >= 0.3 is 0 Å². The van der Waals surface area contributed by atoms with Gasteiger partial charge in [0.05, 0.1) is 23.1 Å². The first-order valence-electron chi connectivity index (χ1n) is 9.66. The number of benzene rings is 1. The van der Waals surface area contributed by atoms with E-state index in [1.54, 1.807) is 17.5 Å². The zero-order valence-electron chi connectivity index (χ0n) is 16.7. The molecule has 0 unspecified atom stereocenters. The van der Waals surface area contributed by atoms with Gasteiger partial charge < -0.3 is 11.1 Å². The Bertz CT molecular complexity index is 1310. The molecule has 0 spiro atoms. The number of aromatic nitrogens is 5. The minimum absolute atomic E-state index is 0.599. The van der Waals surface area contributed by atoms with Gasteiger partial charge in [-0.3, -0.25) is 9.55 Å². The van der Waals surface area contributed by atoms with Gasteiger partial charge in [-0.1, -0.05) is 0 Å². The molecule has 0 atom stereocenters. The number of hydrogen-bond acceptors (Lipinski definition) is 7. The van der Waals surface area contributed by atoms with Crippen LogP contribution >= 0.6 is 11.3 Å². The molecule has 7 nitrogen and oxygen atoms in total. The van der Waals surface area contributed by atoms with Crippen LogP contribution in [0, 0.1) is 6.92 Å². The SMILES string of the molecule is Cc1ccc(-n2cc(-c3cscn3)nc2-c2ccc(Nc3ncccc3N)cc2)cn1. The maximum atomic E-state index is 5.98. The van der Waals surface area contributed by atoms with E-state index in [-0.39, 0.29) is 0 Å². The number of imidazole rings is 1. The summed E-state index contributed by atoms with van der Waals surface area (Å²) in [5.41, 5.74) is 13.8. The van der Waals surface area contributed by atoms with Gasteiger partial charge in [0.1, 0.15) is 17.2 Å². The number of aryl methyl sites for hydroxylation is 1. The van der Waals surface area contributed by atoms with Gasteiger partial charge in [-0.05, 0) is 55.5 Å². The molecule has 0 saturated carbocycles. The highest BCUT2D eigenvalue weighted by atomic mass is 32.1. The summed E-state index contributed by atoms with van der Waals surface area (Å²) in [5, 5.41) is 5.24. The maximum Gasteiger partial charge on any atom is 0.153 e. The van der Waals surface area contributed by atoms with E-state index in [1.165, 1.54) is 0 Å². The lowest BCUT2D eigenvalue weighted by atomic mass is 10.2. The van der Waals surface area contributed by atoms with Gasteiger partial charge in [0.2, 0.25) is 0 Å². The number of nitrogens with one attached hydrogen (secondary N) is 1. The van der Waals surface area contributed by atoms with Gasteiger partial charge in [0.15, 0.2) is 5.82 Å². The molecule has 4 aromatic heterocycles. The lowest BCUT2D eigenvalue weighted by molar-refractivity contribution is 1.04. The summed E-state index contributed by atoms with van der Waals surface area (Å²) in [5.74, 6) is 1.45. The van der Waals surface area contributed by atoms with E-state index in [0.717, 1.165) is 39.8 Å². The van der Waals surface area contributed by atoms with Crippen LogP contribution in [-0.2, 0) is 0 Å². The van der Waals surface area contributed by atoms with E-state index in [9.17, 15) is 0 Å². The van der Waals surface area contributed by atoms with Crippen LogP contribution in [0.3, 0.4) is 0 Å². The monoisotopic (exact) mass is 425 g/mol. The van der Waals surface area contributed by atoms with Crippen LogP contribution in [-0.4, -0.2) is 24.5 Å². The second kappa shape index (κ2) is 8.00. The van der Waals surface area contributed by atoms with E-state index >= 15 is 0 Å². The average molecular weight is 426 g/mol. The highest BCUT2D eigenvalue weighted by molar-refractivity contribution is 7.07. The minimum Gasteiger partial charge on any atom is -0.396 e. The van der Waals surface area contributed by atoms with Gasteiger partial charge in [-0.15, -0.1) is 11.3 Å². The first-order chi connectivity index (χ1) is 15.2. The van der Waals surface area contributed by atoms with E-state index in [4.69, 9.17) is 10.7 Å². The third kappa shape index (κ3) is 3.88.